The number of aliphatic hydroxyl groups is 1. The van der Waals surface area contributed by atoms with Gasteiger partial charge in [0, 0.05) is 13.1 Å². The van der Waals surface area contributed by atoms with E-state index in [1.807, 2.05) is 18.3 Å². The predicted octanol–water partition coefficient (Wildman–Crippen LogP) is 1.02. The van der Waals surface area contributed by atoms with E-state index in [9.17, 15) is 5.11 Å². The molecule has 0 radical (unpaired) electrons. The molecule has 0 amide bonds. The Morgan fingerprint density at radius 1 is 1.44 bits per heavy atom. The summed E-state index contributed by atoms with van der Waals surface area (Å²) < 4.78 is 0. The fourth-order valence-electron chi connectivity index (χ4n) is 1.86. The molecule has 1 aromatic rings. The standard InChI is InChI=1S/C11H17N3O2/c1-16-13-11-3-2-9(8-12-11)14-6-4-10(15)5-7-14/h2-3,8,10,15H,4-7H2,1H3,(H,12,13). The van der Waals surface area contributed by atoms with Crippen molar-refractivity contribution >= 4 is 11.5 Å². The molecule has 2 rings (SSSR count). The number of aliphatic hydroxyl groups excluding tert-OH is 1. The maximum absolute atomic E-state index is 9.42. The molecule has 1 aliphatic rings. The largest absolute Gasteiger partial charge is 0.393 e. The second-order valence-corrected chi connectivity index (χ2v) is 3.93. The fourth-order valence-corrected chi connectivity index (χ4v) is 1.86. The minimum absolute atomic E-state index is 0.140. The lowest BCUT2D eigenvalue weighted by Gasteiger charge is -2.31. The topological polar surface area (TPSA) is 57.6 Å². The second-order valence-electron chi connectivity index (χ2n) is 3.93. The highest BCUT2D eigenvalue weighted by molar-refractivity contribution is 5.49. The van der Waals surface area contributed by atoms with Gasteiger partial charge in [-0.1, -0.05) is 0 Å². The van der Waals surface area contributed by atoms with Crippen LogP contribution in [-0.4, -0.2) is 36.4 Å². The highest BCUT2D eigenvalue weighted by Crippen LogP contribution is 2.20. The van der Waals surface area contributed by atoms with E-state index in [-0.39, 0.29) is 6.10 Å². The molecule has 2 N–H and O–H groups in total. The van der Waals surface area contributed by atoms with Crippen LogP contribution in [-0.2, 0) is 4.84 Å². The van der Waals surface area contributed by atoms with Crippen LogP contribution in [0.2, 0.25) is 0 Å². The highest BCUT2D eigenvalue weighted by atomic mass is 16.6. The van der Waals surface area contributed by atoms with E-state index in [0.29, 0.717) is 5.82 Å². The lowest BCUT2D eigenvalue weighted by molar-refractivity contribution is 0.145. The van der Waals surface area contributed by atoms with Crippen molar-refractivity contribution in [3.8, 4) is 0 Å². The maximum Gasteiger partial charge on any atom is 0.149 e. The quantitative estimate of drug-likeness (QED) is 0.749. The zero-order valence-corrected chi connectivity index (χ0v) is 9.39. The number of nitrogens with one attached hydrogen (secondary N) is 1. The molecule has 16 heavy (non-hydrogen) atoms. The maximum atomic E-state index is 9.42. The summed E-state index contributed by atoms with van der Waals surface area (Å²) >= 11 is 0. The summed E-state index contributed by atoms with van der Waals surface area (Å²) in [6.45, 7) is 1.78. The summed E-state index contributed by atoms with van der Waals surface area (Å²) in [4.78, 5) is 11.2. The molecule has 0 saturated carbocycles. The van der Waals surface area contributed by atoms with Crippen LogP contribution in [0.3, 0.4) is 0 Å². The molecule has 0 atom stereocenters. The Balaban J connectivity index is 1.98. The van der Waals surface area contributed by atoms with Gasteiger partial charge in [0.25, 0.3) is 0 Å². The minimum atomic E-state index is -0.140. The molecule has 1 aliphatic heterocycles. The Kier molecular flexibility index (Phi) is 3.58. The fraction of sp³-hybridized carbons (Fsp3) is 0.545. The van der Waals surface area contributed by atoms with E-state index in [1.54, 1.807) is 7.11 Å². The Labute approximate surface area is 95.0 Å². The van der Waals surface area contributed by atoms with Crippen LogP contribution in [0.4, 0.5) is 11.5 Å². The van der Waals surface area contributed by atoms with Gasteiger partial charge in [-0.3, -0.25) is 4.84 Å². The Morgan fingerprint density at radius 3 is 2.75 bits per heavy atom. The molecule has 5 heteroatoms. The summed E-state index contributed by atoms with van der Waals surface area (Å²) in [7, 11) is 1.56. The van der Waals surface area contributed by atoms with E-state index in [1.165, 1.54) is 0 Å². The van der Waals surface area contributed by atoms with Crippen molar-refractivity contribution in [1.29, 1.82) is 0 Å². The van der Waals surface area contributed by atoms with Crippen molar-refractivity contribution in [2.75, 3.05) is 30.6 Å². The molecule has 0 bridgehead atoms. The first-order valence-electron chi connectivity index (χ1n) is 5.47. The van der Waals surface area contributed by atoms with Gasteiger partial charge in [0.1, 0.15) is 5.82 Å². The number of nitrogens with zero attached hydrogens (tertiary/aromatic N) is 2. The normalized spacial score (nSPS) is 17.5. The number of hydrogen-bond donors (Lipinski definition) is 2. The Bertz CT molecular complexity index is 321. The number of rotatable bonds is 3. The Hall–Kier alpha value is -1.33. The minimum Gasteiger partial charge on any atom is -0.393 e. The van der Waals surface area contributed by atoms with Crippen LogP contribution >= 0.6 is 0 Å². The van der Waals surface area contributed by atoms with Gasteiger partial charge in [-0.15, -0.1) is 0 Å². The molecule has 1 aromatic heterocycles. The highest BCUT2D eigenvalue weighted by Gasteiger charge is 2.17. The molecule has 2 heterocycles. The van der Waals surface area contributed by atoms with Crippen molar-refractivity contribution in [2.24, 2.45) is 0 Å². The zero-order chi connectivity index (χ0) is 11.4. The predicted molar refractivity (Wildman–Crippen MR) is 62.3 cm³/mol. The van der Waals surface area contributed by atoms with Crippen molar-refractivity contribution < 1.29 is 9.94 Å². The van der Waals surface area contributed by atoms with Gasteiger partial charge >= 0.3 is 0 Å². The van der Waals surface area contributed by atoms with Crippen molar-refractivity contribution in [1.82, 2.24) is 4.98 Å². The Morgan fingerprint density at radius 2 is 2.19 bits per heavy atom. The summed E-state index contributed by atoms with van der Waals surface area (Å²) in [6, 6.07) is 3.88. The molecule has 1 fully saturated rings. The van der Waals surface area contributed by atoms with E-state index >= 15 is 0 Å². The summed E-state index contributed by atoms with van der Waals surface area (Å²) in [5.74, 6) is 0.697. The molecular weight excluding hydrogens is 206 g/mol. The lowest BCUT2D eigenvalue weighted by atomic mass is 10.1. The van der Waals surface area contributed by atoms with Crippen LogP contribution in [0.1, 0.15) is 12.8 Å². The molecule has 0 aliphatic carbocycles. The molecule has 0 aromatic carbocycles. The summed E-state index contributed by atoms with van der Waals surface area (Å²) in [6.07, 6.45) is 3.34. The smallest absolute Gasteiger partial charge is 0.149 e. The number of pyridine rings is 1. The number of hydrogen-bond acceptors (Lipinski definition) is 5. The number of aromatic nitrogens is 1. The first kappa shape index (κ1) is 11.2. The zero-order valence-electron chi connectivity index (χ0n) is 9.39. The van der Waals surface area contributed by atoms with Crippen LogP contribution < -0.4 is 10.4 Å². The van der Waals surface area contributed by atoms with Crippen LogP contribution in [0, 0.1) is 0 Å². The van der Waals surface area contributed by atoms with Gasteiger partial charge in [-0.25, -0.2) is 10.5 Å². The third-order valence-electron chi connectivity index (χ3n) is 2.78. The third-order valence-corrected chi connectivity index (χ3v) is 2.78. The average molecular weight is 223 g/mol. The van der Waals surface area contributed by atoms with E-state index in [0.717, 1.165) is 31.6 Å². The van der Waals surface area contributed by atoms with Crippen LogP contribution in [0.25, 0.3) is 0 Å². The first-order chi connectivity index (χ1) is 7.79. The molecule has 0 unspecified atom stereocenters. The van der Waals surface area contributed by atoms with E-state index in [2.05, 4.69) is 15.4 Å². The van der Waals surface area contributed by atoms with Gasteiger partial charge in [0.15, 0.2) is 0 Å². The van der Waals surface area contributed by atoms with Gasteiger partial charge in [0.2, 0.25) is 0 Å². The van der Waals surface area contributed by atoms with Crippen LogP contribution in [0.15, 0.2) is 18.3 Å². The molecule has 88 valence electrons. The van der Waals surface area contributed by atoms with E-state index < -0.39 is 0 Å². The molecular formula is C11H17N3O2. The van der Waals surface area contributed by atoms with Crippen LogP contribution in [0.5, 0.6) is 0 Å². The molecule has 0 spiro atoms. The van der Waals surface area contributed by atoms with E-state index in [4.69, 9.17) is 4.84 Å². The average Bonchev–Trinajstić information content (AvgIpc) is 2.32. The second kappa shape index (κ2) is 5.14. The van der Waals surface area contributed by atoms with Gasteiger partial charge in [-0.05, 0) is 25.0 Å². The SMILES string of the molecule is CONc1ccc(N2CCC(O)CC2)cn1. The summed E-state index contributed by atoms with van der Waals surface area (Å²) in [5.41, 5.74) is 3.77. The number of piperidine rings is 1. The van der Waals surface area contributed by atoms with Crippen molar-refractivity contribution in [3.05, 3.63) is 18.3 Å². The van der Waals surface area contributed by atoms with Gasteiger partial charge in [-0.2, -0.15) is 0 Å². The molecule has 5 nitrogen and oxygen atoms in total. The lowest BCUT2D eigenvalue weighted by Crippen LogP contribution is -2.35. The van der Waals surface area contributed by atoms with Crippen molar-refractivity contribution in [3.63, 3.8) is 0 Å². The monoisotopic (exact) mass is 223 g/mol. The van der Waals surface area contributed by atoms with Gasteiger partial charge in [0.05, 0.1) is 25.1 Å². The van der Waals surface area contributed by atoms with Gasteiger partial charge < -0.3 is 10.0 Å². The summed E-state index contributed by atoms with van der Waals surface area (Å²) in [5, 5.41) is 9.42. The first-order valence-corrected chi connectivity index (χ1v) is 5.47. The third kappa shape index (κ3) is 2.62. The number of anilines is 2. The molecule has 1 saturated heterocycles. The van der Waals surface area contributed by atoms with Crippen molar-refractivity contribution in [2.45, 2.75) is 18.9 Å².